The van der Waals surface area contributed by atoms with Gasteiger partial charge in [0.1, 0.15) is 18.7 Å². The maximum absolute atomic E-state index is 13.9. The van der Waals surface area contributed by atoms with Crippen molar-refractivity contribution in [2.75, 3.05) is 44.0 Å². The van der Waals surface area contributed by atoms with Crippen LogP contribution in [0.2, 0.25) is 0 Å². The van der Waals surface area contributed by atoms with Crippen molar-refractivity contribution in [2.24, 2.45) is 0 Å². The number of thioether (sulfide) groups is 1. The summed E-state index contributed by atoms with van der Waals surface area (Å²) < 4.78 is 18.9. The zero-order valence-electron chi connectivity index (χ0n) is 27.7. The summed E-state index contributed by atoms with van der Waals surface area (Å²) >= 11 is 1.61. The van der Waals surface area contributed by atoms with E-state index < -0.39 is 12.1 Å². The molecule has 1 aliphatic rings. The summed E-state index contributed by atoms with van der Waals surface area (Å²) in [6, 6.07) is 13.4. The number of anilines is 2. The molecule has 4 aromatic rings. The fourth-order valence-corrected chi connectivity index (χ4v) is 6.41. The van der Waals surface area contributed by atoms with Gasteiger partial charge in [-0.15, -0.1) is 0 Å². The van der Waals surface area contributed by atoms with E-state index in [2.05, 4.69) is 26.0 Å². The lowest BCUT2D eigenvalue weighted by Crippen LogP contribution is -2.36. The number of methoxy groups -OCH3 is 3. The third-order valence-corrected chi connectivity index (χ3v) is 8.85. The first-order valence-corrected chi connectivity index (χ1v) is 16.9. The number of rotatable bonds is 13. The van der Waals surface area contributed by atoms with E-state index in [4.69, 9.17) is 14.2 Å². The molecule has 2 unspecified atom stereocenters. The second-order valence-corrected chi connectivity index (χ2v) is 12.3. The molecular weight excluding hydrogens is 632 g/mol. The molecule has 2 amide bonds. The van der Waals surface area contributed by atoms with E-state index in [1.165, 1.54) is 13.3 Å². The number of amides is 2. The molecule has 0 bridgehead atoms. The Hall–Kier alpha value is -5.04. The summed E-state index contributed by atoms with van der Waals surface area (Å²) in [7, 11) is 4.66. The lowest BCUT2D eigenvalue weighted by molar-refractivity contribution is -0.120. The van der Waals surface area contributed by atoms with Crippen molar-refractivity contribution < 1.29 is 23.8 Å². The van der Waals surface area contributed by atoms with Gasteiger partial charge in [0.05, 0.1) is 39.6 Å². The number of hydrogen-bond acceptors (Lipinski definition) is 10. The molecule has 0 saturated heterocycles. The molecule has 3 N–H and O–H groups in total. The molecule has 48 heavy (non-hydrogen) atoms. The number of ether oxygens (including phenoxy) is 3. The zero-order chi connectivity index (χ0) is 34.2. The van der Waals surface area contributed by atoms with Crippen LogP contribution in [0.15, 0.2) is 66.0 Å². The predicted octanol–water partition coefficient (Wildman–Crippen LogP) is 4.68. The van der Waals surface area contributed by atoms with Crippen molar-refractivity contribution in [1.82, 2.24) is 20.1 Å². The minimum Gasteiger partial charge on any atom is -0.493 e. The first-order valence-electron chi connectivity index (χ1n) is 15.5. The number of benzene rings is 2. The van der Waals surface area contributed by atoms with E-state index in [1.54, 1.807) is 56.2 Å². The van der Waals surface area contributed by atoms with Crippen molar-refractivity contribution in [3.05, 3.63) is 88.1 Å². The van der Waals surface area contributed by atoms with Crippen LogP contribution < -0.4 is 35.6 Å². The number of hydrogen-bond donors (Lipinski definition) is 3. The fraction of sp³-hybridized carbons (Fsp3) is 0.343. The number of aromatic nitrogens is 3. The fourth-order valence-electron chi connectivity index (χ4n) is 5.94. The summed E-state index contributed by atoms with van der Waals surface area (Å²) in [4.78, 5) is 43.8. The molecule has 0 radical (unpaired) electrons. The van der Waals surface area contributed by atoms with Gasteiger partial charge in [-0.3, -0.25) is 14.4 Å². The highest BCUT2D eigenvalue weighted by Gasteiger charge is 2.30. The van der Waals surface area contributed by atoms with Crippen LogP contribution in [0.1, 0.15) is 42.5 Å². The van der Waals surface area contributed by atoms with Gasteiger partial charge in [0.25, 0.3) is 0 Å². The number of fused-ring (bicyclic) bond motifs is 3. The monoisotopic (exact) mass is 672 g/mol. The molecule has 0 spiro atoms. The third kappa shape index (κ3) is 7.73. The van der Waals surface area contributed by atoms with Crippen LogP contribution in [0.4, 0.5) is 11.4 Å². The molecule has 5 rings (SSSR count). The van der Waals surface area contributed by atoms with Gasteiger partial charge in [-0.1, -0.05) is 18.2 Å². The standard InChI is InChI=1S/C35H40N6O6S/c1-21(42)38-27-12-8-23-16-31(45-2)33(46-3)34(47-4)32(23)25-11-13-28(30(43)17-26(25)27)40-29(14-15-48-5)35(44)39-24-9-6-22(7-10-24)18-41-20-36-19-37-41/h6-7,9-11,13,16-17,19-20,27,29H,8,12,14-15,18H2,1-5H3,(H,38,42)(H,39,44)(H,40,43). The Morgan fingerprint density at radius 3 is 2.46 bits per heavy atom. The topological polar surface area (TPSA) is 146 Å². The SMILES string of the molecule is COc1cc2c(c(OC)c1OC)-c1ccc(NC(CCSC)C(=O)Nc3ccc(Cn4cncn4)cc3)c(=O)cc1C(NC(C)=O)CC2. The summed E-state index contributed by atoms with van der Waals surface area (Å²) in [5.41, 5.74) is 4.62. The van der Waals surface area contributed by atoms with Gasteiger partial charge in [-0.05, 0) is 83.9 Å². The Bertz CT molecular complexity index is 1820. The minimum absolute atomic E-state index is 0.212. The van der Waals surface area contributed by atoms with Gasteiger partial charge in [0.15, 0.2) is 11.5 Å². The number of aryl methyl sites for hydroxylation is 1. The average Bonchev–Trinajstić information content (AvgIpc) is 3.49. The molecule has 1 heterocycles. The van der Waals surface area contributed by atoms with Crippen molar-refractivity contribution in [1.29, 1.82) is 0 Å². The van der Waals surface area contributed by atoms with E-state index in [0.29, 0.717) is 65.6 Å². The first-order chi connectivity index (χ1) is 23.3. The Balaban J connectivity index is 1.50. The molecule has 12 nitrogen and oxygen atoms in total. The molecule has 3 aromatic carbocycles. The minimum atomic E-state index is -0.695. The molecule has 13 heteroatoms. The van der Waals surface area contributed by atoms with Crippen molar-refractivity contribution in [2.45, 2.75) is 44.8 Å². The Morgan fingerprint density at radius 1 is 1.04 bits per heavy atom. The van der Waals surface area contributed by atoms with Gasteiger partial charge in [-0.2, -0.15) is 16.9 Å². The summed E-state index contributed by atoms with van der Waals surface area (Å²) in [6.45, 7) is 2.02. The van der Waals surface area contributed by atoms with E-state index in [9.17, 15) is 14.4 Å². The van der Waals surface area contributed by atoms with Crippen LogP contribution in [0.5, 0.6) is 17.2 Å². The van der Waals surface area contributed by atoms with Crippen LogP contribution in [0.25, 0.3) is 11.1 Å². The highest BCUT2D eigenvalue weighted by molar-refractivity contribution is 7.98. The molecule has 1 aliphatic carbocycles. The van der Waals surface area contributed by atoms with E-state index in [-0.39, 0.29) is 22.9 Å². The quantitative estimate of drug-likeness (QED) is 0.183. The number of carbonyl (C=O) groups is 2. The molecule has 0 saturated carbocycles. The molecule has 1 aromatic heterocycles. The van der Waals surface area contributed by atoms with Crippen LogP contribution in [0, 0.1) is 0 Å². The van der Waals surface area contributed by atoms with E-state index in [0.717, 1.165) is 16.7 Å². The van der Waals surface area contributed by atoms with Gasteiger partial charge in [0, 0.05) is 18.2 Å². The van der Waals surface area contributed by atoms with Crippen molar-refractivity contribution >= 4 is 35.0 Å². The highest BCUT2D eigenvalue weighted by Crippen LogP contribution is 2.50. The molecule has 0 aliphatic heterocycles. The summed E-state index contributed by atoms with van der Waals surface area (Å²) in [5.74, 6) is 1.64. The average molecular weight is 673 g/mol. The summed E-state index contributed by atoms with van der Waals surface area (Å²) in [6.07, 6.45) is 6.72. The van der Waals surface area contributed by atoms with Crippen molar-refractivity contribution in [3.63, 3.8) is 0 Å². The molecule has 252 valence electrons. The molecular formula is C35H40N6O6S. The normalized spacial score (nSPS) is 14.1. The van der Waals surface area contributed by atoms with Crippen LogP contribution >= 0.6 is 11.8 Å². The number of nitrogens with zero attached hydrogens (tertiary/aromatic N) is 3. The number of nitrogens with one attached hydrogen (secondary N) is 3. The highest BCUT2D eigenvalue weighted by atomic mass is 32.2. The maximum Gasteiger partial charge on any atom is 0.246 e. The second kappa shape index (κ2) is 15.7. The Labute approximate surface area is 283 Å². The number of carbonyl (C=O) groups excluding carboxylic acids is 2. The Morgan fingerprint density at radius 2 is 1.81 bits per heavy atom. The molecule has 0 fully saturated rings. The van der Waals surface area contributed by atoms with E-state index in [1.807, 2.05) is 42.7 Å². The Kier molecular flexibility index (Phi) is 11.2. The predicted molar refractivity (Wildman–Crippen MR) is 187 cm³/mol. The second-order valence-electron chi connectivity index (χ2n) is 11.4. The van der Waals surface area contributed by atoms with Crippen LogP contribution in [-0.4, -0.2) is 66.0 Å². The van der Waals surface area contributed by atoms with Crippen LogP contribution in [0.3, 0.4) is 0 Å². The van der Waals surface area contributed by atoms with Gasteiger partial charge in [0.2, 0.25) is 23.0 Å². The third-order valence-electron chi connectivity index (χ3n) is 8.21. The zero-order valence-corrected chi connectivity index (χ0v) is 28.5. The lowest BCUT2D eigenvalue weighted by atomic mass is 9.95. The van der Waals surface area contributed by atoms with Gasteiger partial charge < -0.3 is 30.2 Å². The summed E-state index contributed by atoms with van der Waals surface area (Å²) in [5, 5.41) is 13.4. The van der Waals surface area contributed by atoms with Gasteiger partial charge in [-0.25, -0.2) is 9.67 Å². The van der Waals surface area contributed by atoms with E-state index >= 15 is 0 Å². The smallest absolute Gasteiger partial charge is 0.246 e. The molecule has 2 atom stereocenters. The largest absolute Gasteiger partial charge is 0.493 e. The van der Waals surface area contributed by atoms with Crippen LogP contribution in [-0.2, 0) is 22.6 Å². The lowest BCUT2D eigenvalue weighted by Gasteiger charge is -2.19. The first kappa shape index (κ1) is 34.3. The van der Waals surface area contributed by atoms with Crippen molar-refractivity contribution in [3.8, 4) is 28.4 Å². The maximum atomic E-state index is 13.9. The van der Waals surface area contributed by atoms with Gasteiger partial charge >= 0.3 is 0 Å².